The lowest BCUT2D eigenvalue weighted by molar-refractivity contribution is 0.0696. The fraction of sp³-hybridized carbons (Fsp3) is 0.200. The highest BCUT2D eigenvalue weighted by Gasteiger charge is 2.04. The molecule has 0 saturated heterocycles. The van der Waals surface area contributed by atoms with E-state index in [4.69, 9.17) is 14.6 Å². The Bertz CT molecular complexity index is 581. The molecule has 0 radical (unpaired) electrons. The maximum atomic E-state index is 10.7. The van der Waals surface area contributed by atoms with E-state index in [0.29, 0.717) is 18.1 Å². The van der Waals surface area contributed by atoms with Crippen molar-refractivity contribution in [2.45, 2.75) is 13.5 Å². The third-order valence-electron chi connectivity index (χ3n) is 2.57. The number of pyridine rings is 1. The molecule has 5 nitrogen and oxygen atoms in total. The summed E-state index contributed by atoms with van der Waals surface area (Å²) in [5.41, 5.74) is 0.823. The number of aromatic nitrogens is 1. The van der Waals surface area contributed by atoms with Gasteiger partial charge in [-0.2, -0.15) is 0 Å². The number of hydrogen-bond acceptors (Lipinski definition) is 4. The van der Waals surface area contributed by atoms with Crippen molar-refractivity contribution in [2.24, 2.45) is 0 Å². The van der Waals surface area contributed by atoms with Crippen molar-refractivity contribution < 1.29 is 19.4 Å². The lowest BCUT2D eigenvalue weighted by Gasteiger charge is -2.08. The lowest BCUT2D eigenvalue weighted by atomic mass is 10.2. The van der Waals surface area contributed by atoms with E-state index in [9.17, 15) is 4.79 Å². The molecule has 0 aliphatic carbocycles. The largest absolute Gasteiger partial charge is 0.494 e. The molecule has 2 aromatic rings. The van der Waals surface area contributed by atoms with Crippen molar-refractivity contribution in [3.63, 3.8) is 0 Å². The van der Waals surface area contributed by atoms with Crippen LogP contribution in [0.2, 0.25) is 0 Å². The van der Waals surface area contributed by atoms with Gasteiger partial charge in [0.25, 0.3) is 0 Å². The number of carbonyl (C=O) groups is 1. The summed E-state index contributed by atoms with van der Waals surface area (Å²) in [5, 5.41) is 8.78. The first-order valence-corrected chi connectivity index (χ1v) is 6.23. The molecule has 0 spiro atoms. The highest BCUT2D eigenvalue weighted by atomic mass is 16.5. The van der Waals surface area contributed by atoms with E-state index in [1.54, 1.807) is 12.1 Å². The molecule has 0 amide bonds. The summed E-state index contributed by atoms with van der Waals surface area (Å²) in [6, 6.07) is 10.5. The number of carboxylic acid groups (broad SMARTS) is 1. The number of ether oxygens (including phenoxy) is 2. The van der Waals surface area contributed by atoms with Crippen molar-refractivity contribution in [1.29, 1.82) is 0 Å². The van der Waals surface area contributed by atoms with E-state index in [0.717, 1.165) is 5.75 Å². The third kappa shape index (κ3) is 3.71. The van der Waals surface area contributed by atoms with Gasteiger partial charge >= 0.3 is 5.97 Å². The van der Waals surface area contributed by atoms with E-state index in [2.05, 4.69) is 4.98 Å². The van der Waals surface area contributed by atoms with E-state index in [-0.39, 0.29) is 12.2 Å². The van der Waals surface area contributed by atoms with Crippen LogP contribution in [0.3, 0.4) is 0 Å². The van der Waals surface area contributed by atoms with Crippen LogP contribution in [0.5, 0.6) is 11.5 Å². The van der Waals surface area contributed by atoms with Crippen LogP contribution >= 0.6 is 0 Å². The maximum Gasteiger partial charge on any atom is 0.337 e. The topological polar surface area (TPSA) is 68.7 Å². The Morgan fingerprint density at radius 2 is 1.95 bits per heavy atom. The van der Waals surface area contributed by atoms with Crippen molar-refractivity contribution in [2.75, 3.05) is 6.61 Å². The Morgan fingerprint density at radius 1 is 1.20 bits per heavy atom. The van der Waals surface area contributed by atoms with E-state index < -0.39 is 5.97 Å². The van der Waals surface area contributed by atoms with Crippen LogP contribution in [0.4, 0.5) is 0 Å². The van der Waals surface area contributed by atoms with Gasteiger partial charge in [-0.25, -0.2) is 4.79 Å². The fourth-order valence-electron chi connectivity index (χ4n) is 1.61. The van der Waals surface area contributed by atoms with Crippen LogP contribution in [0.25, 0.3) is 0 Å². The first kappa shape index (κ1) is 13.9. The molecule has 2 rings (SSSR count). The standard InChI is InChI=1S/C15H15NO4/c1-2-19-13-4-3-5-14(8-13)20-10-12-7-6-11(9-16-12)15(17)18/h3-9H,2,10H2,1H3,(H,17,18). The molecule has 0 saturated carbocycles. The summed E-state index contributed by atoms with van der Waals surface area (Å²) >= 11 is 0. The highest BCUT2D eigenvalue weighted by molar-refractivity contribution is 5.87. The number of benzene rings is 1. The van der Waals surface area contributed by atoms with Crippen molar-refractivity contribution in [1.82, 2.24) is 4.98 Å². The van der Waals surface area contributed by atoms with Gasteiger partial charge in [-0.1, -0.05) is 6.07 Å². The summed E-state index contributed by atoms with van der Waals surface area (Å²) in [4.78, 5) is 14.7. The third-order valence-corrected chi connectivity index (χ3v) is 2.57. The van der Waals surface area contributed by atoms with Gasteiger partial charge in [0.1, 0.15) is 18.1 Å². The molecule has 1 aromatic heterocycles. The Hall–Kier alpha value is -2.56. The number of hydrogen-bond donors (Lipinski definition) is 1. The van der Waals surface area contributed by atoms with Crippen molar-refractivity contribution >= 4 is 5.97 Å². The second-order valence-electron chi connectivity index (χ2n) is 4.04. The zero-order valence-corrected chi connectivity index (χ0v) is 11.1. The molecule has 1 heterocycles. The Kier molecular flexibility index (Phi) is 4.55. The molecule has 0 aliphatic heterocycles. The zero-order valence-electron chi connectivity index (χ0n) is 11.1. The SMILES string of the molecule is CCOc1cccc(OCc2ccc(C(=O)O)cn2)c1. The smallest absolute Gasteiger partial charge is 0.337 e. The number of carboxylic acids is 1. The lowest BCUT2D eigenvalue weighted by Crippen LogP contribution is -2.02. The van der Waals surface area contributed by atoms with E-state index in [1.807, 2.05) is 25.1 Å². The van der Waals surface area contributed by atoms with Gasteiger partial charge in [0.05, 0.1) is 17.9 Å². The summed E-state index contributed by atoms with van der Waals surface area (Å²) in [6.45, 7) is 2.79. The first-order valence-electron chi connectivity index (χ1n) is 6.23. The van der Waals surface area contributed by atoms with Crippen molar-refractivity contribution in [3.8, 4) is 11.5 Å². The second kappa shape index (κ2) is 6.56. The summed E-state index contributed by atoms with van der Waals surface area (Å²) in [5.74, 6) is 0.439. The fourth-order valence-corrected chi connectivity index (χ4v) is 1.61. The summed E-state index contributed by atoms with van der Waals surface area (Å²) < 4.78 is 11.0. The quantitative estimate of drug-likeness (QED) is 0.876. The van der Waals surface area contributed by atoms with Crippen LogP contribution < -0.4 is 9.47 Å². The molecule has 0 bridgehead atoms. The average molecular weight is 273 g/mol. The van der Waals surface area contributed by atoms with Crippen LogP contribution in [-0.2, 0) is 6.61 Å². The highest BCUT2D eigenvalue weighted by Crippen LogP contribution is 2.20. The molecule has 1 N–H and O–H groups in total. The zero-order chi connectivity index (χ0) is 14.4. The molecule has 5 heteroatoms. The Labute approximate surface area is 116 Å². The summed E-state index contributed by atoms with van der Waals surface area (Å²) in [7, 11) is 0. The number of rotatable bonds is 6. The normalized spacial score (nSPS) is 10.1. The molecule has 1 aromatic carbocycles. The van der Waals surface area contributed by atoms with Crippen LogP contribution in [0.1, 0.15) is 23.0 Å². The van der Waals surface area contributed by atoms with Crippen LogP contribution in [0, 0.1) is 0 Å². The number of aromatic carboxylic acids is 1. The molecule has 0 unspecified atom stereocenters. The predicted molar refractivity (Wildman–Crippen MR) is 73.1 cm³/mol. The molecule has 0 atom stereocenters. The molecule has 104 valence electrons. The minimum atomic E-state index is -0.991. The van der Waals surface area contributed by atoms with Crippen molar-refractivity contribution in [3.05, 3.63) is 53.9 Å². The molecule has 0 aliphatic rings. The van der Waals surface area contributed by atoms with Gasteiger partial charge in [-0.3, -0.25) is 4.98 Å². The minimum absolute atomic E-state index is 0.159. The summed E-state index contributed by atoms with van der Waals surface area (Å²) in [6.07, 6.45) is 1.32. The van der Waals surface area contributed by atoms with Gasteiger partial charge in [0, 0.05) is 12.3 Å². The molecular weight excluding hydrogens is 258 g/mol. The van der Waals surface area contributed by atoms with Gasteiger partial charge < -0.3 is 14.6 Å². The van der Waals surface area contributed by atoms with Gasteiger partial charge in [0.2, 0.25) is 0 Å². The van der Waals surface area contributed by atoms with E-state index >= 15 is 0 Å². The Morgan fingerprint density at radius 3 is 2.55 bits per heavy atom. The maximum absolute atomic E-state index is 10.7. The van der Waals surface area contributed by atoms with Gasteiger partial charge in [-0.05, 0) is 31.2 Å². The molecular formula is C15H15NO4. The second-order valence-corrected chi connectivity index (χ2v) is 4.04. The predicted octanol–water partition coefficient (Wildman–Crippen LogP) is 2.76. The van der Waals surface area contributed by atoms with Gasteiger partial charge in [-0.15, -0.1) is 0 Å². The van der Waals surface area contributed by atoms with Gasteiger partial charge in [0.15, 0.2) is 0 Å². The number of nitrogens with zero attached hydrogens (tertiary/aromatic N) is 1. The minimum Gasteiger partial charge on any atom is -0.494 e. The first-order chi connectivity index (χ1) is 9.69. The van der Waals surface area contributed by atoms with Crippen LogP contribution in [-0.4, -0.2) is 22.7 Å². The average Bonchev–Trinajstić information content (AvgIpc) is 2.46. The monoisotopic (exact) mass is 273 g/mol. The molecule has 20 heavy (non-hydrogen) atoms. The van der Waals surface area contributed by atoms with Crippen LogP contribution in [0.15, 0.2) is 42.6 Å². The molecule has 0 fully saturated rings. The Balaban J connectivity index is 1.97. The van der Waals surface area contributed by atoms with E-state index in [1.165, 1.54) is 12.3 Å².